The monoisotopic (exact) mass is 168 g/mol. The molecule has 1 aromatic rings. The Morgan fingerprint density at radius 3 is 3.00 bits per heavy atom. The van der Waals surface area contributed by atoms with Crippen LogP contribution < -0.4 is 5.32 Å². The number of nitrogens with one attached hydrogen (secondary N) is 2. The minimum Gasteiger partial charge on any atom is -0.396 e. The predicted molar refractivity (Wildman–Crippen MR) is 50.1 cm³/mol. The Balaban J connectivity index is 2.25. The molecule has 0 radical (unpaired) electrons. The van der Waals surface area contributed by atoms with E-state index in [0.29, 0.717) is 5.92 Å². The smallest absolute Gasteiger partial charge is 0.103 e. The Hall–Kier alpha value is -0.960. The first-order valence-corrected chi connectivity index (χ1v) is 4.35. The maximum Gasteiger partial charge on any atom is 0.103 e. The Morgan fingerprint density at radius 1 is 1.67 bits per heavy atom. The van der Waals surface area contributed by atoms with Gasteiger partial charge in [0.15, 0.2) is 0 Å². The van der Waals surface area contributed by atoms with Gasteiger partial charge in [0.1, 0.15) is 5.82 Å². The van der Waals surface area contributed by atoms with Gasteiger partial charge in [0, 0.05) is 19.3 Å². The first kappa shape index (κ1) is 9.13. The molecule has 0 saturated carbocycles. The number of hydrogen-bond acceptors (Lipinski definition) is 2. The number of aromatic nitrogens is 1. The molecule has 1 rings (SSSR count). The normalized spacial score (nSPS) is 12.8. The van der Waals surface area contributed by atoms with E-state index in [-0.39, 0.29) is 6.61 Å². The van der Waals surface area contributed by atoms with E-state index in [2.05, 4.69) is 17.2 Å². The van der Waals surface area contributed by atoms with Crippen LogP contribution in [0.15, 0.2) is 18.3 Å². The van der Waals surface area contributed by atoms with Gasteiger partial charge in [-0.05, 0) is 24.5 Å². The maximum atomic E-state index is 8.90. The van der Waals surface area contributed by atoms with Gasteiger partial charge in [-0.2, -0.15) is 0 Å². The average molecular weight is 168 g/mol. The minimum absolute atomic E-state index is 0.254. The van der Waals surface area contributed by atoms with Gasteiger partial charge in [-0.3, -0.25) is 0 Å². The van der Waals surface area contributed by atoms with Crippen molar-refractivity contribution in [1.29, 1.82) is 0 Å². The summed E-state index contributed by atoms with van der Waals surface area (Å²) in [5.74, 6) is 1.37. The molecule has 3 heteroatoms. The fraction of sp³-hybridized carbons (Fsp3) is 0.556. The second-order valence-electron chi connectivity index (χ2n) is 2.92. The van der Waals surface area contributed by atoms with E-state index in [1.807, 2.05) is 18.3 Å². The van der Waals surface area contributed by atoms with Crippen LogP contribution in [-0.2, 0) is 0 Å². The molecule has 0 fully saturated rings. The van der Waals surface area contributed by atoms with Gasteiger partial charge in [0.05, 0.1) is 0 Å². The number of aliphatic hydroxyl groups is 1. The zero-order valence-corrected chi connectivity index (χ0v) is 7.38. The summed E-state index contributed by atoms with van der Waals surface area (Å²) in [5, 5.41) is 12.1. The first-order valence-electron chi connectivity index (χ1n) is 4.35. The third-order valence-electron chi connectivity index (χ3n) is 2.01. The van der Waals surface area contributed by atoms with Crippen LogP contribution in [-0.4, -0.2) is 23.2 Å². The van der Waals surface area contributed by atoms with Crippen molar-refractivity contribution in [3.05, 3.63) is 18.3 Å². The molecular weight excluding hydrogens is 152 g/mol. The van der Waals surface area contributed by atoms with Crippen LogP contribution in [0.3, 0.4) is 0 Å². The van der Waals surface area contributed by atoms with Gasteiger partial charge < -0.3 is 15.4 Å². The largest absolute Gasteiger partial charge is 0.396 e. The lowest BCUT2D eigenvalue weighted by Crippen LogP contribution is -2.17. The van der Waals surface area contributed by atoms with Gasteiger partial charge in [-0.15, -0.1) is 0 Å². The zero-order chi connectivity index (χ0) is 8.81. The highest BCUT2D eigenvalue weighted by atomic mass is 16.3. The lowest BCUT2D eigenvalue weighted by Gasteiger charge is -2.11. The zero-order valence-electron chi connectivity index (χ0n) is 7.38. The molecule has 0 aliphatic carbocycles. The summed E-state index contributed by atoms with van der Waals surface area (Å²) in [5.41, 5.74) is 0. The van der Waals surface area contributed by atoms with Crippen molar-refractivity contribution in [1.82, 2.24) is 4.98 Å². The number of hydrogen-bond donors (Lipinski definition) is 3. The van der Waals surface area contributed by atoms with Gasteiger partial charge in [-0.1, -0.05) is 6.92 Å². The maximum absolute atomic E-state index is 8.90. The summed E-state index contributed by atoms with van der Waals surface area (Å²) in [6, 6.07) is 3.92. The van der Waals surface area contributed by atoms with E-state index in [9.17, 15) is 0 Å². The molecule has 1 unspecified atom stereocenters. The molecule has 3 nitrogen and oxygen atoms in total. The molecule has 0 aliphatic rings. The summed E-state index contributed by atoms with van der Waals surface area (Å²) >= 11 is 0. The van der Waals surface area contributed by atoms with E-state index >= 15 is 0 Å². The van der Waals surface area contributed by atoms with Crippen LogP contribution in [0.25, 0.3) is 0 Å². The van der Waals surface area contributed by atoms with E-state index in [1.54, 1.807) is 0 Å². The highest BCUT2D eigenvalue weighted by molar-refractivity contribution is 5.33. The molecule has 0 amide bonds. The minimum atomic E-state index is 0.254. The van der Waals surface area contributed by atoms with Crippen LogP contribution in [0.5, 0.6) is 0 Å². The molecule has 3 N–H and O–H groups in total. The highest BCUT2D eigenvalue weighted by Gasteiger charge is 2.03. The standard InChI is InChI=1S/C9H16N2O/c1-2-8(7-12)6-11-9-4-3-5-10-9/h3-5,8,10-12H,2,6-7H2,1H3. The van der Waals surface area contributed by atoms with Gasteiger partial charge in [0.2, 0.25) is 0 Å². The van der Waals surface area contributed by atoms with E-state index in [4.69, 9.17) is 5.11 Å². The first-order chi connectivity index (χ1) is 5.86. The third kappa shape index (κ3) is 2.58. The lowest BCUT2D eigenvalue weighted by atomic mass is 10.1. The average Bonchev–Trinajstić information content (AvgIpc) is 2.59. The van der Waals surface area contributed by atoms with Crippen molar-refractivity contribution in [3.8, 4) is 0 Å². The summed E-state index contributed by atoms with van der Waals surface area (Å²) in [6.45, 7) is 3.16. The topological polar surface area (TPSA) is 48.0 Å². The fourth-order valence-electron chi connectivity index (χ4n) is 1.03. The summed E-state index contributed by atoms with van der Waals surface area (Å²) in [6.07, 6.45) is 2.88. The molecular formula is C9H16N2O. The summed E-state index contributed by atoms with van der Waals surface area (Å²) < 4.78 is 0. The van der Waals surface area contributed by atoms with E-state index in [1.165, 1.54) is 0 Å². The van der Waals surface area contributed by atoms with Crippen molar-refractivity contribution < 1.29 is 5.11 Å². The van der Waals surface area contributed by atoms with Crippen LogP contribution in [0, 0.1) is 5.92 Å². The highest BCUT2D eigenvalue weighted by Crippen LogP contribution is 2.05. The van der Waals surface area contributed by atoms with Crippen molar-refractivity contribution >= 4 is 5.82 Å². The van der Waals surface area contributed by atoms with Gasteiger partial charge in [-0.25, -0.2) is 0 Å². The number of aromatic amines is 1. The third-order valence-corrected chi connectivity index (χ3v) is 2.01. The number of anilines is 1. The lowest BCUT2D eigenvalue weighted by molar-refractivity contribution is 0.230. The van der Waals surface area contributed by atoms with Gasteiger partial charge in [0.25, 0.3) is 0 Å². The molecule has 1 aromatic heterocycles. The SMILES string of the molecule is CCC(CO)CNc1ccc[nH]1. The van der Waals surface area contributed by atoms with Crippen molar-refractivity contribution in [3.63, 3.8) is 0 Å². The molecule has 1 heterocycles. The van der Waals surface area contributed by atoms with Crippen molar-refractivity contribution in [2.24, 2.45) is 5.92 Å². The quantitative estimate of drug-likeness (QED) is 0.623. The second kappa shape index (κ2) is 4.83. The van der Waals surface area contributed by atoms with Crippen LogP contribution >= 0.6 is 0 Å². The van der Waals surface area contributed by atoms with E-state index in [0.717, 1.165) is 18.8 Å². The predicted octanol–water partition coefficient (Wildman–Crippen LogP) is 1.45. The van der Waals surface area contributed by atoms with Crippen molar-refractivity contribution in [2.45, 2.75) is 13.3 Å². The molecule has 0 aromatic carbocycles. The van der Waals surface area contributed by atoms with Crippen LogP contribution in [0.4, 0.5) is 5.82 Å². The molecule has 1 atom stereocenters. The van der Waals surface area contributed by atoms with Crippen LogP contribution in [0.1, 0.15) is 13.3 Å². The van der Waals surface area contributed by atoms with E-state index < -0.39 is 0 Å². The van der Waals surface area contributed by atoms with Crippen molar-refractivity contribution in [2.75, 3.05) is 18.5 Å². The van der Waals surface area contributed by atoms with Crippen LogP contribution in [0.2, 0.25) is 0 Å². The Kier molecular flexibility index (Phi) is 3.67. The summed E-state index contributed by atoms with van der Waals surface area (Å²) in [7, 11) is 0. The molecule has 0 bridgehead atoms. The van der Waals surface area contributed by atoms with Gasteiger partial charge >= 0.3 is 0 Å². The Morgan fingerprint density at radius 2 is 2.50 bits per heavy atom. The molecule has 0 spiro atoms. The number of H-pyrrole nitrogens is 1. The Labute approximate surface area is 72.8 Å². The number of rotatable bonds is 5. The molecule has 0 aliphatic heterocycles. The Bertz CT molecular complexity index is 192. The number of aliphatic hydroxyl groups excluding tert-OH is 1. The molecule has 0 saturated heterocycles. The molecule has 12 heavy (non-hydrogen) atoms. The fourth-order valence-corrected chi connectivity index (χ4v) is 1.03. The summed E-state index contributed by atoms with van der Waals surface area (Å²) in [4.78, 5) is 3.05. The molecule has 68 valence electrons. The second-order valence-corrected chi connectivity index (χ2v) is 2.92.